The number of hydrogen-bond acceptors (Lipinski definition) is 4. The van der Waals surface area contributed by atoms with Gasteiger partial charge in [-0.2, -0.15) is 0 Å². The quantitative estimate of drug-likeness (QED) is 0.789. The van der Waals surface area contributed by atoms with E-state index < -0.39 is 6.10 Å². The van der Waals surface area contributed by atoms with Gasteiger partial charge in [0.1, 0.15) is 17.2 Å². The Kier molecular flexibility index (Phi) is 6.53. The third kappa shape index (κ3) is 4.79. The van der Waals surface area contributed by atoms with Crippen LogP contribution in [0.4, 0.5) is 5.69 Å². The predicted octanol–water partition coefficient (Wildman–Crippen LogP) is 4.46. The van der Waals surface area contributed by atoms with Crippen LogP contribution >= 0.6 is 11.6 Å². The Morgan fingerprint density at radius 2 is 1.84 bits per heavy atom. The number of carbonyl (C=O) groups is 1. The van der Waals surface area contributed by atoms with E-state index in [2.05, 4.69) is 5.32 Å². The highest BCUT2D eigenvalue weighted by Gasteiger charge is 2.20. The van der Waals surface area contributed by atoms with Gasteiger partial charge in [0.25, 0.3) is 5.91 Å². The molecule has 0 saturated carbocycles. The molecule has 134 valence electrons. The average molecular weight is 364 g/mol. The molecule has 0 spiro atoms. The first kappa shape index (κ1) is 18.9. The summed E-state index contributed by atoms with van der Waals surface area (Å²) in [5.41, 5.74) is 1.45. The van der Waals surface area contributed by atoms with Crippen molar-refractivity contribution in [1.29, 1.82) is 0 Å². The van der Waals surface area contributed by atoms with Crippen LogP contribution in [0.3, 0.4) is 0 Å². The van der Waals surface area contributed by atoms with Crippen LogP contribution in [0.1, 0.15) is 18.9 Å². The van der Waals surface area contributed by atoms with E-state index in [-0.39, 0.29) is 5.91 Å². The monoisotopic (exact) mass is 363 g/mol. The lowest BCUT2D eigenvalue weighted by molar-refractivity contribution is -0.122. The first-order valence-electron chi connectivity index (χ1n) is 7.94. The van der Waals surface area contributed by atoms with Crippen molar-refractivity contribution >= 4 is 23.2 Å². The fourth-order valence-electron chi connectivity index (χ4n) is 2.29. The molecular weight excluding hydrogens is 342 g/mol. The van der Waals surface area contributed by atoms with E-state index in [0.29, 0.717) is 34.4 Å². The lowest BCUT2D eigenvalue weighted by Crippen LogP contribution is -2.32. The van der Waals surface area contributed by atoms with Crippen molar-refractivity contribution in [3.63, 3.8) is 0 Å². The Morgan fingerprint density at radius 3 is 2.44 bits per heavy atom. The minimum Gasteiger partial charge on any atom is -0.497 e. The van der Waals surface area contributed by atoms with Crippen LogP contribution in [0.15, 0.2) is 36.4 Å². The van der Waals surface area contributed by atoms with Crippen LogP contribution < -0.4 is 19.5 Å². The molecule has 0 bridgehead atoms. The van der Waals surface area contributed by atoms with Crippen LogP contribution in [0.25, 0.3) is 0 Å². The highest BCUT2D eigenvalue weighted by atomic mass is 35.5. The molecule has 2 rings (SSSR count). The smallest absolute Gasteiger partial charge is 0.265 e. The number of anilines is 1. The van der Waals surface area contributed by atoms with E-state index in [0.717, 1.165) is 5.56 Å². The summed E-state index contributed by atoms with van der Waals surface area (Å²) in [5.74, 6) is 1.52. The maximum Gasteiger partial charge on any atom is 0.265 e. The van der Waals surface area contributed by atoms with Gasteiger partial charge in [-0.3, -0.25) is 4.79 Å². The Hall–Kier alpha value is -2.40. The number of aryl methyl sites for hydroxylation is 1. The van der Waals surface area contributed by atoms with Crippen LogP contribution in [0.5, 0.6) is 17.2 Å². The topological polar surface area (TPSA) is 56.8 Å². The van der Waals surface area contributed by atoms with Crippen molar-refractivity contribution in [1.82, 2.24) is 0 Å². The predicted molar refractivity (Wildman–Crippen MR) is 99.1 cm³/mol. The summed E-state index contributed by atoms with van der Waals surface area (Å²) >= 11 is 6.02. The Morgan fingerprint density at radius 1 is 1.12 bits per heavy atom. The zero-order valence-corrected chi connectivity index (χ0v) is 15.5. The van der Waals surface area contributed by atoms with Crippen LogP contribution in [-0.2, 0) is 4.79 Å². The summed E-state index contributed by atoms with van der Waals surface area (Å²) < 4.78 is 16.3. The van der Waals surface area contributed by atoms with Gasteiger partial charge in [0, 0.05) is 11.1 Å². The summed E-state index contributed by atoms with van der Waals surface area (Å²) in [6, 6.07) is 10.5. The summed E-state index contributed by atoms with van der Waals surface area (Å²) in [4.78, 5) is 12.6. The molecule has 1 N–H and O–H groups in total. The van der Waals surface area contributed by atoms with Crippen molar-refractivity contribution in [2.45, 2.75) is 26.4 Å². The zero-order chi connectivity index (χ0) is 18.4. The molecule has 0 aliphatic carbocycles. The van der Waals surface area contributed by atoms with Crippen LogP contribution in [-0.4, -0.2) is 26.2 Å². The molecule has 0 aromatic heterocycles. The second-order valence-electron chi connectivity index (χ2n) is 5.48. The molecular formula is C19H22ClNO4. The minimum absolute atomic E-state index is 0.251. The highest BCUT2D eigenvalue weighted by Crippen LogP contribution is 2.29. The molecule has 6 heteroatoms. The third-order valence-corrected chi connectivity index (χ3v) is 4.16. The summed E-state index contributed by atoms with van der Waals surface area (Å²) in [6.07, 6.45) is -0.112. The van der Waals surface area contributed by atoms with Gasteiger partial charge >= 0.3 is 0 Å². The van der Waals surface area contributed by atoms with E-state index in [4.69, 9.17) is 25.8 Å². The number of hydrogen-bond donors (Lipinski definition) is 1. The van der Waals surface area contributed by atoms with Crippen molar-refractivity contribution in [2.75, 3.05) is 19.5 Å². The summed E-state index contributed by atoms with van der Waals surface area (Å²) in [7, 11) is 3.11. The second kappa shape index (κ2) is 8.62. The molecule has 5 nitrogen and oxygen atoms in total. The number of methoxy groups -OCH3 is 2. The van der Waals surface area contributed by atoms with E-state index >= 15 is 0 Å². The first-order chi connectivity index (χ1) is 12.0. The van der Waals surface area contributed by atoms with Crippen molar-refractivity contribution in [2.24, 2.45) is 0 Å². The highest BCUT2D eigenvalue weighted by molar-refractivity contribution is 6.31. The molecule has 25 heavy (non-hydrogen) atoms. The molecule has 2 aromatic rings. The standard InChI is InChI=1S/C19H22ClNO4/c1-5-17(25-14-6-8-15(20)12(2)10-14)19(22)21-16-9-7-13(23-3)11-18(16)24-4/h6-11,17H,5H2,1-4H3,(H,21,22)/t17-/m0/s1. The molecule has 0 radical (unpaired) electrons. The third-order valence-electron chi connectivity index (χ3n) is 3.74. The molecule has 1 atom stereocenters. The number of halogens is 1. The van der Waals surface area contributed by atoms with Gasteiger partial charge in [0.05, 0.1) is 19.9 Å². The largest absolute Gasteiger partial charge is 0.497 e. The lowest BCUT2D eigenvalue weighted by Gasteiger charge is -2.19. The molecule has 2 aromatic carbocycles. The fraction of sp³-hybridized carbons (Fsp3) is 0.316. The van der Waals surface area contributed by atoms with E-state index in [9.17, 15) is 4.79 Å². The number of amides is 1. The Bertz CT molecular complexity index is 748. The number of nitrogens with one attached hydrogen (secondary N) is 1. The van der Waals surface area contributed by atoms with Crippen LogP contribution in [0, 0.1) is 6.92 Å². The lowest BCUT2D eigenvalue weighted by atomic mass is 10.2. The van der Waals surface area contributed by atoms with E-state index in [1.54, 1.807) is 37.4 Å². The fourth-order valence-corrected chi connectivity index (χ4v) is 2.41. The van der Waals surface area contributed by atoms with Crippen molar-refractivity contribution < 1.29 is 19.0 Å². The Balaban J connectivity index is 2.13. The van der Waals surface area contributed by atoms with Gasteiger partial charge in [0.15, 0.2) is 6.10 Å². The Labute approximate surface area is 152 Å². The molecule has 0 saturated heterocycles. The number of carbonyl (C=O) groups excluding carboxylic acids is 1. The maximum atomic E-state index is 12.6. The molecule has 0 unspecified atom stereocenters. The molecule has 0 aliphatic heterocycles. The van der Waals surface area contributed by atoms with Crippen molar-refractivity contribution in [3.8, 4) is 17.2 Å². The van der Waals surface area contributed by atoms with Gasteiger partial charge in [-0.15, -0.1) is 0 Å². The number of ether oxygens (including phenoxy) is 3. The normalized spacial score (nSPS) is 11.6. The number of benzene rings is 2. The van der Waals surface area contributed by atoms with Gasteiger partial charge < -0.3 is 19.5 Å². The van der Waals surface area contributed by atoms with E-state index in [1.165, 1.54) is 7.11 Å². The molecule has 0 heterocycles. The average Bonchev–Trinajstić information content (AvgIpc) is 2.62. The SMILES string of the molecule is CC[C@H](Oc1ccc(Cl)c(C)c1)C(=O)Nc1ccc(OC)cc1OC. The summed E-state index contributed by atoms with van der Waals surface area (Å²) in [5, 5.41) is 3.50. The second-order valence-corrected chi connectivity index (χ2v) is 5.89. The molecule has 1 amide bonds. The number of rotatable bonds is 7. The van der Waals surface area contributed by atoms with Gasteiger partial charge in [-0.1, -0.05) is 18.5 Å². The molecule has 0 aliphatic rings. The zero-order valence-electron chi connectivity index (χ0n) is 14.8. The summed E-state index contributed by atoms with van der Waals surface area (Å²) in [6.45, 7) is 3.77. The van der Waals surface area contributed by atoms with Gasteiger partial charge in [-0.05, 0) is 49.2 Å². The first-order valence-corrected chi connectivity index (χ1v) is 8.32. The minimum atomic E-state index is -0.632. The van der Waals surface area contributed by atoms with Gasteiger partial charge in [-0.25, -0.2) is 0 Å². The van der Waals surface area contributed by atoms with E-state index in [1.807, 2.05) is 19.9 Å². The van der Waals surface area contributed by atoms with Crippen molar-refractivity contribution in [3.05, 3.63) is 47.0 Å². The van der Waals surface area contributed by atoms with Gasteiger partial charge in [0.2, 0.25) is 0 Å². The maximum absolute atomic E-state index is 12.6. The van der Waals surface area contributed by atoms with Crippen LogP contribution in [0.2, 0.25) is 5.02 Å². The molecule has 0 fully saturated rings.